The van der Waals surface area contributed by atoms with Gasteiger partial charge in [0.1, 0.15) is 11.5 Å². The van der Waals surface area contributed by atoms with E-state index in [1.54, 1.807) is 48.9 Å². The number of aryl methyl sites for hydroxylation is 1. The van der Waals surface area contributed by atoms with Crippen LogP contribution in [0.2, 0.25) is 0 Å². The molecule has 4 aromatic rings. The van der Waals surface area contributed by atoms with E-state index in [0.717, 1.165) is 30.5 Å². The second kappa shape index (κ2) is 14.5. The zero-order valence-corrected chi connectivity index (χ0v) is 25.0. The smallest absolute Gasteiger partial charge is 0.336 e. The highest BCUT2D eigenvalue weighted by atomic mass is 16.7. The number of hydrogen-bond acceptors (Lipinski definition) is 8. The van der Waals surface area contributed by atoms with E-state index in [1.807, 2.05) is 22.8 Å². The van der Waals surface area contributed by atoms with Crippen LogP contribution < -0.4 is 18.9 Å². The summed E-state index contributed by atoms with van der Waals surface area (Å²) in [7, 11) is 1.52. The lowest BCUT2D eigenvalue weighted by molar-refractivity contribution is -0.132. The van der Waals surface area contributed by atoms with E-state index in [0.29, 0.717) is 39.8 Å². The van der Waals surface area contributed by atoms with Crippen molar-refractivity contribution < 1.29 is 43.5 Å². The van der Waals surface area contributed by atoms with Crippen LogP contribution in [0.1, 0.15) is 52.5 Å². The van der Waals surface area contributed by atoms with E-state index in [9.17, 15) is 19.8 Å². The van der Waals surface area contributed by atoms with Gasteiger partial charge in [0.2, 0.25) is 6.79 Å². The number of methoxy groups -OCH3 is 1. The third-order valence-electron chi connectivity index (χ3n) is 7.34. The quantitative estimate of drug-likeness (QED) is 0.0943. The van der Waals surface area contributed by atoms with Gasteiger partial charge in [-0.05, 0) is 60.4 Å². The van der Waals surface area contributed by atoms with E-state index < -0.39 is 11.9 Å². The maximum atomic E-state index is 12.4. The summed E-state index contributed by atoms with van der Waals surface area (Å²) in [5.41, 5.74) is 3.99. The van der Waals surface area contributed by atoms with Crippen LogP contribution in [0.5, 0.6) is 23.0 Å². The molecule has 0 radical (unpaired) electrons. The zero-order valence-electron chi connectivity index (χ0n) is 25.0. The number of unbranched alkanes of at least 4 members (excludes halogenated alkanes) is 1. The molecule has 0 unspecified atom stereocenters. The van der Waals surface area contributed by atoms with Gasteiger partial charge in [-0.15, -0.1) is 0 Å². The lowest BCUT2D eigenvalue weighted by atomic mass is 10.0. The molecule has 11 heteroatoms. The van der Waals surface area contributed by atoms with Crippen LogP contribution in [0.3, 0.4) is 0 Å². The summed E-state index contributed by atoms with van der Waals surface area (Å²) in [4.78, 5) is 28.2. The molecule has 1 aromatic heterocycles. The molecule has 0 fully saturated rings. The Bertz CT molecular complexity index is 1710. The Balaban J connectivity index is 1.36. The van der Waals surface area contributed by atoms with Gasteiger partial charge in [-0.3, -0.25) is 4.57 Å². The summed E-state index contributed by atoms with van der Waals surface area (Å²) in [5, 5.41) is 19.5. The molecule has 11 nitrogen and oxygen atoms in total. The van der Waals surface area contributed by atoms with Crippen LogP contribution in [0.4, 0.5) is 0 Å². The van der Waals surface area contributed by atoms with Gasteiger partial charge in [-0.25, -0.2) is 14.6 Å². The average Bonchev–Trinajstić information content (AvgIpc) is 3.70. The molecule has 234 valence electrons. The van der Waals surface area contributed by atoms with Crippen LogP contribution in [-0.4, -0.2) is 52.4 Å². The highest BCUT2D eigenvalue weighted by Crippen LogP contribution is 2.39. The lowest BCUT2D eigenvalue weighted by Crippen LogP contribution is -2.08. The average molecular weight is 615 g/mol. The van der Waals surface area contributed by atoms with Crippen molar-refractivity contribution in [2.24, 2.45) is 0 Å². The fourth-order valence-corrected chi connectivity index (χ4v) is 5.05. The second-order valence-electron chi connectivity index (χ2n) is 10.3. The number of aromatic nitrogens is 2. The van der Waals surface area contributed by atoms with Crippen LogP contribution >= 0.6 is 0 Å². The predicted molar refractivity (Wildman–Crippen MR) is 164 cm³/mol. The number of rotatable bonds is 15. The minimum absolute atomic E-state index is 0.0646. The number of carboxylic acids is 2. The summed E-state index contributed by atoms with van der Waals surface area (Å²) in [6.45, 7) is 2.24. The third kappa shape index (κ3) is 7.44. The molecule has 2 N–H and O–H groups in total. The molecule has 0 bridgehead atoms. The summed E-state index contributed by atoms with van der Waals surface area (Å²) >= 11 is 0. The van der Waals surface area contributed by atoms with Crippen molar-refractivity contribution in [3.8, 4) is 28.7 Å². The van der Waals surface area contributed by atoms with Gasteiger partial charge < -0.3 is 33.9 Å². The first kappa shape index (κ1) is 31.1. The first-order valence-electron chi connectivity index (χ1n) is 14.5. The van der Waals surface area contributed by atoms with Crippen molar-refractivity contribution in [1.29, 1.82) is 0 Å². The van der Waals surface area contributed by atoms with Gasteiger partial charge in [0.25, 0.3) is 0 Å². The van der Waals surface area contributed by atoms with Crippen LogP contribution in [0.25, 0.3) is 11.8 Å². The van der Waals surface area contributed by atoms with Crippen molar-refractivity contribution in [1.82, 2.24) is 9.55 Å². The minimum Gasteiger partial charge on any atom is -0.496 e. The van der Waals surface area contributed by atoms with Gasteiger partial charge in [-0.2, -0.15) is 0 Å². The molecule has 0 amide bonds. The number of carboxylic acid groups (broad SMARTS) is 2. The van der Waals surface area contributed by atoms with Gasteiger partial charge in [-0.1, -0.05) is 31.5 Å². The fourth-order valence-electron chi connectivity index (χ4n) is 5.05. The highest BCUT2D eigenvalue weighted by molar-refractivity contribution is 5.92. The molecule has 0 aliphatic carbocycles. The largest absolute Gasteiger partial charge is 0.496 e. The second-order valence-corrected chi connectivity index (χ2v) is 10.3. The van der Waals surface area contributed by atoms with Crippen LogP contribution in [0, 0.1) is 0 Å². The van der Waals surface area contributed by atoms with Gasteiger partial charge in [0.05, 0.1) is 43.2 Å². The van der Waals surface area contributed by atoms with Crippen molar-refractivity contribution in [2.45, 2.75) is 39.2 Å². The number of aromatic carboxylic acids is 1. The summed E-state index contributed by atoms with van der Waals surface area (Å²) in [6, 6.07) is 15.8. The Kier molecular flexibility index (Phi) is 10.0. The van der Waals surface area contributed by atoms with Crippen molar-refractivity contribution in [3.63, 3.8) is 0 Å². The maximum absolute atomic E-state index is 12.4. The summed E-state index contributed by atoms with van der Waals surface area (Å²) in [5.74, 6) is 0.115. The van der Waals surface area contributed by atoms with E-state index in [2.05, 4.69) is 11.9 Å². The molecule has 1 aliphatic heterocycles. The van der Waals surface area contributed by atoms with E-state index >= 15 is 0 Å². The number of nitrogens with zero attached hydrogens (tertiary/aromatic N) is 2. The molecule has 0 spiro atoms. The number of carbonyl (C=O) groups is 2. The topological polar surface area (TPSA) is 139 Å². The van der Waals surface area contributed by atoms with Crippen molar-refractivity contribution in [3.05, 3.63) is 101 Å². The summed E-state index contributed by atoms with van der Waals surface area (Å²) in [6.07, 6.45) is 7.65. The number of ether oxygens (including phenoxy) is 5. The normalized spacial score (nSPS) is 12.3. The number of imidazole rings is 1. The Morgan fingerprint density at radius 3 is 2.58 bits per heavy atom. The van der Waals surface area contributed by atoms with E-state index in [-0.39, 0.29) is 37.8 Å². The Hall–Kier alpha value is -5.29. The lowest BCUT2D eigenvalue weighted by Gasteiger charge is -2.15. The fraction of sp³-hybridized carbons (Fsp3) is 0.265. The molecular weight excluding hydrogens is 580 g/mol. The van der Waals surface area contributed by atoms with E-state index in [4.69, 9.17) is 23.7 Å². The number of aliphatic carboxylic acids is 1. The van der Waals surface area contributed by atoms with Gasteiger partial charge >= 0.3 is 11.9 Å². The Labute approximate surface area is 260 Å². The van der Waals surface area contributed by atoms with Crippen LogP contribution in [-0.2, 0) is 29.0 Å². The SMILES string of the molecule is CCCCc1cc(OCOCc2ccccc2C(=O)O)ccc1-n1cncc1/C=C(\Cc1cc2c(cc1OC)OCO2)C(=O)O. The molecule has 0 saturated carbocycles. The van der Waals surface area contributed by atoms with Crippen LogP contribution in [0.15, 0.2) is 72.7 Å². The molecule has 1 aliphatic rings. The maximum Gasteiger partial charge on any atom is 0.336 e. The van der Waals surface area contributed by atoms with Crippen molar-refractivity contribution >= 4 is 18.0 Å². The molecule has 45 heavy (non-hydrogen) atoms. The highest BCUT2D eigenvalue weighted by Gasteiger charge is 2.21. The van der Waals surface area contributed by atoms with Gasteiger partial charge in [0.15, 0.2) is 18.3 Å². The number of hydrogen-bond donors (Lipinski definition) is 2. The molecule has 0 saturated heterocycles. The third-order valence-corrected chi connectivity index (χ3v) is 7.34. The monoisotopic (exact) mass is 614 g/mol. The summed E-state index contributed by atoms with van der Waals surface area (Å²) < 4.78 is 29.7. The molecule has 0 atom stereocenters. The minimum atomic E-state index is -1.07. The first-order valence-corrected chi connectivity index (χ1v) is 14.5. The number of fused-ring (bicyclic) bond motifs is 1. The Morgan fingerprint density at radius 2 is 1.82 bits per heavy atom. The molecular formula is C34H34N2O9. The molecule has 5 rings (SSSR count). The zero-order chi connectivity index (χ0) is 31.8. The molecule has 3 aromatic carbocycles. The Morgan fingerprint density at radius 1 is 1.02 bits per heavy atom. The molecule has 2 heterocycles. The van der Waals surface area contributed by atoms with Gasteiger partial charge in [0, 0.05) is 23.6 Å². The predicted octanol–water partition coefficient (Wildman–Crippen LogP) is 5.91. The first-order chi connectivity index (χ1) is 21.9. The van der Waals surface area contributed by atoms with Crippen molar-refractivity contribution in [2.75, 3.05) is 20.7 Å². The number of benzene rings is 3. The van der Waals surface area contributed by atoms with E-state index in [1.165, 1.54) is 13.2 Å². The standard InChI is InChI=1S/C34H34N2O9/c1-3-4-7-22-14-27(43-20-42-18-23-8-5-6-9-28(23)34(39)40)10-11-29(22)36-19-35-17-26(36)13-25(33(37)38)12-24-15-31-32(45-21-44-31)16-30(24)41-2/h5-6,8-11,13-17,19H,3-4,7,12,18,20-21H2,1-2H3,(H,37,38)(H,39,40)/b25-13+.